The molecule has 1 spiro atoms. The van der Waals surface area contributed by atoms with Crippen LogP contribution in [0, 0.1) is 12.3 Å². The molecule has 1 amide bonds. The number of para-hydroxylation sites is 1. The lowest BCUT2D eigenvalue weighted by molar-refractivity contribution is 0.0628. The van der Waals surface area contributed by atoms with Crippen molar-refractivity contribution >= 4 is 16.8 Å². The van der Waals surface area contributed by atoms with Crippen LogP contribution in [0.4, 0.5) is 0 Å². The summed E-state index contributed by atoms with van der Waals surface area (Å²) in [5.41, 5.74) is 2.99. The van der Waals surface area contributed by atoms with E-state index in [-0.39, 0.29) is 5.91 Å². The van der Waals surface area contributed by atoms with Gasteiger partial charge in [0.05, 0.1) is 11.1 Å². The van der Waals surface area contributed by atoms with Gasteiger partial charge in [-0.3, -0.25) is 9.78 Å². The molecule has 2 aliphatic rings. The zero-order valence-corrected chi connectivity index (χ0v) is 12.9. The predicted molar refractivity (Wildman–Crippen MR) is 87.8 cm³/mol. The molecule has 4 rings (SSSR count). The maximum absolute atomic E-state index is 13.0. The molecule has 22 heavy (non-hydrogen) atoms. The first-order valence-electron chi connectivity index (χ1n) is 8.00. The van der Waals surface area contributed by atoms with Crippen LogP contribution in [0.2, 0.25) is 0 Å². The Hall–Kier alpha value is -2.16. The lowest BCUT2D eigenvalue weighted by Gasteiger charge is -2.43. The highest BCUT2D eigenvalue weighted by Gasteiger charge is 2.36. The van der Waals surface area contributed by atoms with E-state index in [1.807, 2.05) is 42.2 Å². The van der Waals surface area contributed by atoms with Crippen LogP contribution in [-0.2, 0) is 0 Å². The molecule has 3 nitrogen and oxygen atoms in total. The number of hydrogen-bond donors (Lipinski definition) is 0. The number of aryl methyl sites for hydroxylation is 1. The summed E-state index contributed by atoms with van der Waals surface area (Å²) in [6, 6.07) is 9.84. The van der Waals surface area contributed by atoms with Gasteiger partial charge in [0.25, 0.3) is 5.91 Å². The summed E-state index contributed by atoms with van der Waals surface area (Å²) < 4.78 is 0. The molecule has 1 saturated heterocycles. The van der Waals surface area contributed by atoms with Crippen LogP contribution in [0.1, 0.15) is 35.3 Å². The van der Waals surface area contributed by atoms with E-state index in [1.165, 1.54) is 6.42 Å². The second-order valence-corrected chi connectivity index (χ2v) is 6.59. The van der Waals surface area contributed by atoms with Gasteiger partial charge in [0.1, 0.15) is 0 Å². The van der Waals surface area contributed by atoms with Crippen LogP contribution < -0.4 is 0 Å². The molecule has 1 aliphatic heterocycles. The van der Waals surface area contributed by atoms with Crippen LogP contribution in [0.15, 0.2) is 42.5 Å². The largest absolute Gasteiger partial charge is 0.339 e. The van der Waals surface area contributed by atoms with Crippen molar-refractivity contribution in [2.75, 3.05) is 13.1 Å². The van der Waals surface area contributed by atoms with E-state index < -0.39 is 0 Å². The zero-order valence-electron chi connectivity index (χ0n) is 12.9. The molecule has 3 heteroatoms. The monoisotopic (exact) mass is 292 g/mol. The first-order valence-corrected chi connectivity index (χ1v) is 8.00. The van der Waals surface area contributed by atoms with Gasteiger partial charge in [-0.15, -0.1) is 0 Å². The van der Waals surface area contributed by atoms with E-state index in [9.17, 15) is 4.79 Å². The maximum Gasteiger partial charge on any atom is 0.254 e. The Morgan fingerprint density at radius 2 is 1.95 bits per heavy atom. The van der Waals surface area contributed by atoms with Crippen molar-refractivity contribution in [3.05, 3.63) is 53.7 Å². The minimum absolute atomic E-state index is 0.153. The number of benzene rings is 1. The van der Waals surface area contributed by atoms with Gasteiger partial charge < -0.3 is 4.90 Å². The average molecular weight is 292 g/mol. The van der Waals surface area contributed by atoms with Crippen LogP contribution in [0.3, 0.4) is 0 Å². The fraction of sp³-hybridized carbons (Fsp3) is 0.368. The Morgan fingerprint density at radius 3 is 2.64 bits per heavy atom. The van der Waals surface area contributed by atoms with Crippen molar-refractivity contribution in [3.8, 4) is 0 Å². The Kier molecular flexibility index (Phi) is 3.03. The van der Waals surface area contributed by atoms with E-state index in [1.54, 1.807) is 0 Å². The molecule has 1 fully saturated rings. The number of fused-ring (bicyclic) bond motifs is 1. The highest BCUT2D eigenvalue weighted by molar-refractivity contribution is 6.06. The van der Waals surface area contributed by atoms with Crippen LogP contribution in [-0.4, -0.2) is 28.9 Å². The Labute approximate surface area is 130 Å². The fourth-order valence-electron chi connectivity index (χ4n) is 3.63. The number of carbonyl (C=O) groups excluding carboxylic acids is 1. The summed E-state index contributed by atoms with van der Waals surface area (Å²) in [5, 5.41) is 0.960. The van der Waals surface area contributed by atoms with Gasteiger partial charge in [0.15, 0.2) is 0 Å². The van der Waals surface area contributed by atoms with Gasteiger partial charge >= 0.3 is 0 Å². The third kappa shape index (κ3) is 2.12. The van der Waals surface area contributed by atoms with Gasteiger partial charge in [-0.2, -0.15) is 0 Å². The topological polar surface area (TPSA) is 33.2 Å². The molecule has 0 bridgehead atoms. The lowest BCUT2D eigenvalue weighted by Crippen LogP contribution is -2.44. The molecule has 0 atom stereocenters. The molecule has 1 aromatic heterocycles. The number of piperidine rings is 1. The summed E-state index contributed by atoms with van der Waals surface area (Å²) in [4.78, 5) is 19.5. The van der Waals surface area contributed by atoms with Crippen molar-refractivity contribution in [1.29, 1.82) is 0 Å². The molecule has 2 aromatic rings. The first-order chi connectivity index (χ1) is 10.7. The summed E-state index contributed by atoms with van der Waals surface area (Å²) in [6.07, 6.45) is 7.96. The number of amides is 1. The molecule has 1 aromatic carbocycles. The smallest absolute Gasteiger partial charge is 0.254 e. The van der Waals surface area contributed by atoms with Crippen LogP contribution >= 0.6 is 0 Å². The van der Waals surface area contributed by atoms with Gasteiger partial charge in [0, 0.05) is 24.2 Å². The Morgan fingerprint density at radius 1 is 1.23 bits per heavy atom. The molecule has 0 unspecified atom stereocenters. The Bertz CT molecular complexity index is 770. The number of rotatable bonds is 1. The molecule has 2 heterocycles. The number of allylic oxidation sites excluding steroid dienone is 2. The Balaban J connectivity index is 1.64. The number of likely N-dealkylation sites (tertiary alicyclic amines) is 1. The van der Waals surface area contributed by atoms with Gasteiger partial charge in [-0.05, 0) is 43.7 Å². The van der Waals surface area contributed by atoms with E-state index in [4.69, 9.17) is 0 Å². The lowest BCUT2D eigenvalue weighted by atomic mass is 9.69. The van der Waals surface area contributed by atoms with Gasteiger partial charge in [-0.25, -0.2) is 0 Å². The van der Waals surface area contributed by atoms with Crippen LogP contribution in [0.25, 0.3) is 10.9 Å². The summed E-state index contributed by atoms with van der Waals surface area (Å²) >= 11 is 0. The number of pyridine rings is 1. The summed E-state index contributed by atoms with van der Waals surface area (Å²) in [6.45, 7) is 3.67. The first kappa shape index (κ1) is 13.5. The summed E-state index contributed by atoms with van der Waals surface area (Å²) in [5.74, 6) is 0.153. The average Bonchev–Trinajstić information content (AvgIpc) is 2.52. The molecule has 0 saturated carbocycles. The molecule has 112 valence electrons. The number of nitrogens with zero attached hydrogens (tertiary/aromatic N) is 2. The molecule has 0 N–H and O–H groups in total. The molecule has 0 radical (unpaired) electrons. The normalized spacial score (nSPS) is 19.4. The fourth-order valence-corrected chi connectivity index (χ4v) is 3.63. The number of hydrogen-bond acceptors (Lipinski definition) is 2. The van der Waals surface area contributed by atoms with Crippen molar-refractivity contribution < 1.29 is 4.79 Å². The van der Waals surface area contributed by atoms with Crippen molar-refractivity contribution in [2.24, 2.45) is 5.41 Å². The minimum Gasteiger partial charge on any atom is -0.339 e. The highest BCUT2D eigenvalue weighted by Crippen LogP contribution is 2.43. The second kappa shape index (κ2) is 4.94. The van der Waals surface area contributed by atoms with Gasteiger partial charge in [-0.1, -0.05) is 30.4 Å². The van der Waals surface area contributed by atoms with Gasteiger partial charge in [0.2, 0.25) is 0 Å². The summed E-state index contributed by atoms with van der Waals surface area (Å²) in [7, 11) is 0. The van der Waals surface area contributed by atoms with E-state index >= 15 is 0 Å². The van der Waals surface area contributed by atoms with E-state index in [0.717, 1.165) is 48.1 Å². The zero-order chi connectivity index (χ0) is 15.2. The van der Waals surface area contributed by atoms with Crippen LogP contribution in [0.5, 0.6) is 0 Å². The third-order valence-electron chi connectivity index (χ3n) is 5.12. The standard InChI is InChI=1S/C19H20N2O/c1-14-13-16(15-5-2-3-6-17(15)20-14)18(22)21-11-9-19(10-12-21)7-4-8-19/h2-7,13H,8-12H2,1H3. The number of carbonyl (C=O) groups is 1. The van der Waals surface area contributed by atoms with E-state index in [2.05, 4.69) is 17.1 Å². The maximum atomic E-state index is 13.0. The highest BCUT2D eigenvalue weighted by atomic mass is 16.2. The third-order valence-corrected chi connectivity index (χ3v) is 5.12. The van der Waals surface area contributed by atoms with Crippen molar-refractivity contribution in [1.82, 2.24) is 9.88 Å². The quantitative estimate of drug-likeness (QED) is 0.750. The SMILES string of the molecule is Cc1cc(C(=O)N2CCC3(C=CC3)CC2)c2ccccc2n1. The predicted octanol–water partition coefficient (Wildman–Crippen LogP) is 3.73. The second-order valence-electron chi connectivity index (χ2n) is 6.59. The van der Waals surface area contributed by atoms with E-state index in [0.29, 0.717) is 5.41 Å². The molecular formula is C19H20N2O. The van der Waals surface area contributed by atoms with Crippen molar-refractivity contribution in [3.63, 3.8) is 0 Å². The molecular weight excluding hydrogens is 272 g/mol. The molecule has 1 aliphatic carbocycles. The van der Waals surface area contributed by atoms with Crippen molar-refractivity contribution in [2.45, 2.75) is 26.2 Å². The minimum atomic E-state index is 0.153. The number of aromatic nitrogens is 1.